The first-order chi connectivity index (χ1) is 35.1. The van der Waals surface area contributed by atoms with Gasteiger partial charge in [-0.05, 0) is 103 Å². The van der Waals surface area contributed by atoms with Crippen molar-refractivity contribution in [2.24, 2.45) is 11.8 Å². The van der Waals surface area contributed by atoms with Gasteiger partial charge in [-0.2, -0.15) is 0 Å². The summed E-state index contributed by atoms with van der Waals surface area (Å²) in [5, 5.41) is 0. The van der Waals surface area contributed by atoms with E-state index < -0.39 is 47.7 Å². The molecule has 0 aromatic heterocycles. The summed E-state index contributed by atoms with van der Waals surface area (Å²) in [6.45, 7) is 18.3. The minimum absolute atomic E-state index is 0. The van der Waals surface area contributed by atoms with Gasteiger partial charge in [0.2, 0.25) is 11.8 Å². The van der Waals surface area contributed by atoms with Crippen molar-refractivity contribution >= 4 is 101 Å². The van der Waals surface area contributed by atoms with Crippen LogP contribution < -0.4 is 28.7 Å². The molecule has 2 aliphatic rings. The van der Waals surface area contributed by atoms with Crippen molar-refractivity contribution in [1.29, 1.82) is 4.35 Å². The molecule has 19 nitrogen and oxygen atoms in total. The third-order valence-corrected chi connectivity index (χ3v) is 10.1. The molecule has 0 aliphatic carbocycles. The van der Waals surface area contributed by atoms with Crippen LogP contribution in [0.2, 0.25) is 0 Å². The number of benzene rings is 4. The molecule has 0 saturated carbocycles. The number of amides is 4. The summed E-state index contributed by atoms with van der Waals surface area (Å²) in [6.07, 6.45) is 5.66. The average molecular weight is 1190 g/mol. The number of ether oxygens (including phenoxy) is 6. The van der Waals surface area contributed by atoms with Gasteiger partial charge in [0.15, 0.2) is 0 Å². The van der Waals surface area contributed by atoms with Gasteiger partial charge in [0.1, 0.15) is 29.1 Å². The fraction of sp³-hybridized carbons (Fsp3) is 0.365. The first-order valence-corrected chi connectivity index (χ1v) is 23.1. The number of nitrogens with zero attached hydrogens (tertiary/aromatic N) is 2. The first kappa shape index (κ1) is 94.9. The molecular weight excluding hydrogens is 1090 g/mol. The minimum atomic E-state index is -0.718. The molecule has 462 valence electrons. The second-order valence-electron chi connectivity index (χ2n) is 15.6. The van der Waals surface area contributed by atoms with Gasteiger partial charge in [0, 0.05) is 68.0 Å². The van der Waals surface area contributed by atoms with Gasteiger partial charge in [-0.1, -0.05) is 124 Å². The number of hydrogen-bond donors (Lipinski definition) is 1. The summed E-state index contributed by atoms with van der Waals surface area (Å²) in [5.74, 6) is -4.11. The Labute approximate surface area is 511 Å². The van der Waals surface area contributed by atoms with Crippen LogP contribution in [0.25, 0.3) is 6.08 Å². The molecule has 1 fully saturated rings. The van der Waals surface area contributed by atoms with Crippen LogP contribution in [-0.2, 0) is 57.4 Å². The first-order valence-electron chi connectivity index (χ1n) is 22.5. The number of imide groups is 2. The number of hydrogen-bond acceptors (Lipinski definition) is 17. The molecule has 4 aromatic carbocycles. The van der Waals surface area contributed by atoms with E-state index >= 15 is 0 Å². The fourth-order valence-electron chi connectivity index (χ4n) is 7.13. The normalized spacial score (nSPS) is 13.0. The van der Waals surface area contributed by atoms with Crippen LogP contribution >= 0.6 is 0 Å². The van der Waals surface area contributed by atoms with Crippen LogP contribution in [0, 0.1) is 16.2 Å². The SMILES string of the molecule is C.C.C.C.C.C.C.C.C.C=COC(C)=O.C=Cc1ccc(OC(C)=O)cc1.CC(=O)Oc1ccc(N2C(=O)C=CC2=O)cc1.CCC(CC(c1ccc(OC(C)=O)cc1)C1C(=O)N(c2ccc(OC(C)=O)cc2)C(=O)C1C)OC(C)=O.[B].[NH]=[Al]. The van der Waals surface area contributed by atoms with Gasteiger partial charge < -0.3 is 28.4 Å². The maximum absolute atomic E-state index is 13.8. The summed E-state index contributed by atoms with van der Waals surface area (Å²) in [7, 11) is 0. The predicted octanol–water partition coefficient (Wildman–Crippen LogP) is 13.4. The third kappa shape index (κ3) is 31.1. The van der Waals surface area contributed by atoms with Crippen molar-refractivity contribution in [1.82, 2.24) is 0 Å². The van der Waals surface area contributed by atoms with E-state index in [0.717, 1.165) is 27.2 Å². The van der Waals surface area contributed by atoms with Crippen molar-refractivity contribution in [3.05, 3.63) is 140 Å². The Morgan fingerprint density at radius 1 is 0.524 bits per heavy atom. The molecule has 0 spiro atoms. The molecule has 21 heteroatoms. The molecule has 2 heterocycles. The van der Waals surface area contributed by atoms with E-state index in [1.54, 1.807) is 89.8 Å². The van der Waals surface area contributed by atoms with Crippen molar-refractivity contribution in [3.8, 4) is 23.0 Å². The van der Waals surface area contributed by atoms with Crippen LogP contribution in [0.1, 0.15) is 152 Å². The zero-order valence-corrected chi connectivity index (χ0v) is 43.9. The Morgan fingerprint density at radius 2 is 0.857 bits per heavy atom. The molecule has 4 amide bonds. The monoisotopic (exact) mass is 1190 g/mol. The molecule has 4 aromatic rings. The summed E-state index contributed by atoms with van der Waals surface area (Å²) >= 11 is 1.67. The second-order valence-corrected chi connectivity index (χ2v) is 15.6. The molecule has 4 radical (unpaired) electrons. The molecule has 2 aliphatic heterocycles. The van der Waals surface area contributed by atoms with Crippen LogP contribution in [-0.4, -0.2) is 90.1 Å². The van der Waals surface area contributed by atoms with Gasteiger partial charge in [-0.15, -0.1) is 0 Å². The molecular formula is C63H93AlBN3O16. The predicted molar refractivity (Wildman–Crippen MR) is 338 cm³/mol. The van der Waals surface area contributed by atoms with Crippen LogP contribution in [0.4, 0.5) is 11.4 Å². The van der Waals surface area contributed by atoms with Gasteiger partial charge in [0.05, 0.1) is 23.6 Å². The molecule has 1 N–H and O–H groups in total. The molecule has 4 unspecified atom stereocenters. The topological polar surface area (TPSA) is 256 Å². The van der Waals surface area contributed by atoms with Crippen molar-refractivity contribution < 1.29 is 76.4 Å². The summed E-state index contributed by atoms with van der Waals surface area (Å²) in [6, 6.07) is 26.2. The maximum atomic E-state index is 13.8. The van der Waals surface area contributed by atoms with Crippen molar-refractivity contribution in [2.75, 3.05) is 9.80 Å². The number of anilines is 2. The van der Waals surface area contributed by atoms with Crippen molar-refractivity contribution in [3.63, 3.8) is 0 Å². The van der Waals surface area contributed by atoms with Gasteiger partial charge >= 0.3 is 56.3 Å². The van der Waals surface area contributed by atoms with E-state index in [0.29, 0.717) is 47.2 Å². The molecule has 0 bridgehead atoms. The van der Waals surface area contributed by atoms with Crippen LogP contribution in [0.5, 0.6) is 23.0 Å². The van der Waals surface area contributed by atoms with Crippen LogP contribution in [0.3, 0.4) is 0 Å². The van der Waals surface area contributed by atoms with E-state index in [9.17, 15) is 47.9 Å². The Bertz CT molecular complexity index is 2680. The van der Waals surface area contributed by atoms with Crippen molar-refractivity contribution in [2.45, 2.75) is 147 Å². The van der Waals surface area contributed by atoms with Crippen LogP contribution in [0.15, 0.2) is 129 Å². The fourth-order valence-corrected chi connectivity index (χ4v) is 7.13. The van der Waals surface area contributed by atoms with E-state index in [1.807, 2.05) is 19.1 Å². The Balaban J connectivity index is -0.000000144. The number of carbonyl (C=O) groups excluding carboxylic acids is 10. The van der Waals surface area contributed by atoms with E-state index in [-0.39, 0.29) is 111 Å². The Hall–Kier alpha value is -8.40. The summed E-state index contributed by atoms with van der Waals surface area (Å²) in [5.41, 5.74) is 2.58. The summed E-state index contributed by atoms with van der Waals surface area (Å²) in [4.78, 5) is 117. The number of carbonyl (C=O) groups is 10. The van der Waals surface area contributed by atoms with Gasteiger partial charge in [-0.25, -0.2) is 4.90 Å². The number of rotatable bonds is 14. The Kier molecular flexibility index (Phi) is 54.4. The van der Waals surface area contributed by atoms with E-state index in [2.05, 4.69) is 17.9 Å². The quantitative estimate of drug-likeness (QED) is 0.0405. The Morgan fingerprint density at radius 3 is 1.14 bits per heavy atom. The van der Waals surface area contributed by atoms with E-state index in [1.165, 1.54) is 78.0 Å². The number of esters is 6. The molecule has 1 saturated heterocycles. The zero-order chi connectivity index (χ0) is 55.7. The third-order valence-electron chi connectivity index (χ3n) is 10.1. The number of nitrogens with one attached hydrogen (secondary N) is 1. The zero-order valence-electron chi connectivity index (χ0n) is 42.8. The standard InChI is InChI=1S/C28H31NO8.C12H9NO4.C10H10O2.C4H6O2.9CH4.Al.B.HN/c1-6-22(35-17(3)30)15-25(20-7-11-23(12-8-20)36-18(4)31)26-16(2)27(33)29(28(26)34)21-9-13-24(14-10-21)37-19(5)32;1-8(14)17-10-4-2-9(3-5-10)13-11(15)6-7-12(13)16;1-3-9-4-6-10(7-5-9)12-8(2)11;1-3-6-4(2)5;;;;;;;;;;;;/h7-14,16,22,25-26H,6,15H2,1-5H3;2-7H,1H3;3-7H,1H2,2H3;3H,1H2,2H3;9*1H4;;;1H. The molecule has 84 heavy (non-hydrogen) atoms. The average Bonchev–Trinajstić information content (AvgIpc) is 3.79. The van der Waals surface area contributed by atoms with Gasteiger partial charge in [-0.3, -0.25) is 52.8 Å². The van der Waals surface area contributed by atoms with Gasteiger partial charge in [0.25, 0.3) is 11.8 Å². The molecule has 6 rings (SSSR count). The summed E-state index contributed by atoms with van der Waals surface area (Å²) < 4.78 is 35.2. The molecule has 4 atom stereocenters. The second kappa shape index (κ2) is 48.2. The van der Waals surface area contributed by atoms with E-state index in [4.69, 9.17) is 28.0 Å².